The van der Waals surface area contributed by atoms with Crippen molar-refractivity contribution in [3.8, 4) is 0 Å². The van der Waals surface area contributed by atoms with Crippen molar-refractivity contribution in [2.75, 3.05) is 19.7 Å². The fraction of sp³-hybridized carbons (Fsp3) is 0.625. The van der Waals surface area contributed by atoms with E-state index in [1.165, 1.54) is 0 Å². The van der Waals surface area contributed by atoms with Crippen molar-refractivity contribution < 1.29 is 33.9 Å². The summed E-state index contributed by atoms with van der Waals surface area (Å²) in [5, 5.41) is 11.1. The molecule has 0 heterocycles. The van der Waals surface area contributed by atoms with Gasteiger partial charge in [0.25, 0.3) is 0 Å². The van der Waals surface area contributed by atoms with Crippen LogP contribution in [0.4, 0.5) is 0 Å². The average Bonchev–Trinajstić information content (AvgIpc) is 2.61. The summed E-state index contributed by atoms with van der Waals surface area (Å²) in [7, 11) is 0. The predicted octanol–water partition coefficient (Wildman–Crippen LogP) is -2.84. The fourth-order valence-electron chi connectivity index (χ4n) is 2.46. The average molecular weight is 416 g/mol. The number of carbonyl (C=O) groups excluding carboxylic acids is 4. The molecule has 0 saturated heterocycles. The molecule has 0 aliphatic heterocycles. The van der Waals surface area contributed by atoms with Gasteiger partial charge in [-0.2, -0.15) is 0 Å². The molecule has 0 saturated carbocycles. The first kappa shape index (κ1) is 25.9. The number of carboxylic acid groups (broad SMARTS) is 1. The van der Waals surface area contributed by atoms with Gasteiger partial charge >= 0.3 is 5.97 Å². The molecule has 0 aromatic carbocycles. The molecule has 0 aromatic heterocycles. The number of nitrogens with two attached hydrogens (primary N) is 4. The number of rotatable bonds is 16. The van der Waals surface area contributed by atoms with Crippen molar-refractivity contribution >= 4 is 35.3 Å². The fourth-order valence-corrected chi connectivity index (χ4v) is 2.46. The number of nitrogens with zero attached hydrogens (tertiary/aromatic N) is 1. The molecule has 10 N–H and O–H groups in total. The minimum Gasteiger partial charge on any atom is -0.481 e. The SMILES string of the molecule is NOCC(=O)CC(CCCN=C(N)N)C(=O)NCC(=O)CC(CC(=O)O)C(N)=O. The van der Waals surface area contributed by atoms with Gasteiger partial charge in [0.2, 0.25) is 11.8 Å². The van der Waals surface area contributed by atoms with E-state index in [9.17, 15) is 24.0 Å². The van der Waals surface area contributed by atoms with E-state index in [1.54, 1.807) is 0 Å². The smallest absolute Gasteiger partial charge is 0.304 e. The number of carboxylic acids is 1. The molecule has 29 heavy (non-hydrogen) atoms. The third-order valence-corrected chi connectivity index (χ3v) is 3.85. The summed E-state index contributed by atoms with van der Waals surface area (Å²) >= 11 is 0. The molecule has 2 amide bonds. The van der Waals surface area contributed by atoms with Crippen molar-refractivity contribution in [3.63, 3.8) is 0 Å². The van der Waals surface area contributed by atoms with Gasteiger partial charge in [-0.25, -0.2) is 5.90 Å². The van der Waals surface area contributed by atoms with Crippen molar-refractivity contribution in [2.24, 2.45) is 39.9 Å². The largest absolute Gasteiger partial charge is 0.481 e. The van der Waals surface area contributed by atoms with Crippen LogP contribution in [0.3, 0.4) is 0 Å². The number of hydrogen-bond acceptors (Lipinski definition) is 8. The molecule has 0 bridgehead atoms. The lowest BCUT2D eigenvalue weighted by Crippen LogP contribution is -2.37. The number of guanidine groups is 1. The zero-order chi connectivity index (χ0) is 22.4. The molecule has 13 heteroatoms. The van der Waals surface area contributed by atoms with Crippen molar-refractivity contribution in [1.82, 2.24) is 5.32 Å². The maximum absolute atomic E-state index is 12.4. The lowest BCUT2D eigenvalue weighted by molar-refractivity contribution is -0.141. The second-order valence-electron chi connectivity index (χ2n) is 6.36. The highest BCUT2D eigenvalue weighted by molar-refractivity contribution is 5.92. The molecule has 164 valence electrons. The quantitative estimate of drug-likeness (QED) is 0.0650. The molecule has 0 radical (unpaired) electrons. The molecule has 0 spiro atoms. The predicted molar refractivity (Wildman–Crippen MR) is 101 cm³/mol. The first-order chi connectivity index (χ1) is 13.6. The summed E-state index contributed by atoms with van der Waals surface area (Å²) < 4.78 is 0. The highest BCUT2D eigenvalue weighted by Gasteiger charge is 2.25. The van der Waals surface area contributed by atoms with E-state index in [-0.39, 0.29) is 32.0 Å². The van der Waals surface area contributed by atoms with E-state index in [0.29, 0.717) is 6.42 Å². The minimum absolute atomic E-state index is 0.102. The van der Waals surface area contributed by atoms with Gasteiger partial charge in [-0.15, -0.1) is 0 Å². The van der Waals surface area contributed by atoms with Crippen LogP contribution in [-0.2, 0) is 28.8 Å². The van der Waals surface area contributed by atoms with Gasteiger partial charge in [-0.3, -0.25) is 33.8 Å². The number of nitrogens with one attached hydrogen (secondary N) is 1. The third kappa shape index (κ3) is 12.9. The summed E-state index contributed by atoms with van der Waals surface area (Å²) in [6, 6.07) is 0. The molecule has 2 unspecified atom stereocenters. The first-order valence-electron chi connectivity index (χ1n) is 8.76. The Bertz CT molecular complexity index is 633. The first-order valence-corrected chi connectivity index (χ1v) is 8.76. The topological polar surface area (TPSA) is 243 Å². The summed E-state index contributed by atoms with van der Waals surface area (Å²) in [5.74, 6) is -0.931. The number of ketones is 2. The van der Waals surface area contributed by atoms with Gasteiger partial charge in [0, 0.05) is 25.3 Å². The lowest BCUT2D eigenvalue weighted by atomic mass is 9.95. The number of Topliss-reactive ketones (excluding diaryl/α,β-unsaturated/α-hetero) is 2. The zero-order valence-corrected chi connectivity index (χ0v) is 16.0. The second-order valence-corrected chi connectivity index (χ2v) is 6.36. The van der Waals surface area contributed by atoms with E-state index >= 15 is 0 Å². The number of primary amides is 1. The Hall–Kier alpha value is -3.06. The molecule has 0 fully saturated rings. The molecular formula is C16H28N6O7. The zero-order valence-electron chi connectivity index (χ0n) is 16.0. The van der Waals surface area contributed by atoms with E-state index in [4.69, 9.17) is 28.2 Å². The number of hydrogen-bond donors (Lipinski definition) is 6. The highest BCUT2D eigenvalue weighted by Crippen LogP contribution is 2.13. The molecule has 0 aliphatic carbocycles. The van der Waals surface area contributed by atoms with Crippen LogP contribution in [0.5, 0.6) is 0 Å². The minimum atomic E-state index is -1.27. The maximum Gasteiger partial charge on any atom is 0.304 e. The van der Waals surface area contributed by atoms with E-state index in [1.807, 2.05) is 0 Å². The van der Waals surface area contributed by atoms with E-state index in [0.717, 1.165) is 0 Å². The van der Waals surface area contributed by atoms with Crippen molar-refractivity contribution in [1.29, 1.82) is 0 Å². The van der Waals surface area contributed by atoms with Crippen LogP contribution in [0.1, 0.15) is 32.1 Å². The van der Waals surface area contributed by atoms with Crippen molar-refractivity contribution in [2.45, 2.75) is 32.1 Å². The summed E-state index contributed by atoms with van der Waals surface area (Å²) in [5.41, 5.74) is 15.5. The van der Waals surface area contributed by atoms with Gasteiger partial charge in [-0.05, 0) is 12.8 Å². The van der Waals surface area contributed by atoms with Crippen LogP contribution >= 0.6 is 0 Å². The Morgan fingerprint density at radius 3 is 2.10 bits per heavy atom. The van der Waals surface area contributed by atoms with E-state index in [2.05, 4.69) is 15.1 Å². The Balaban J connectivity index is 4.77. The molecule has 13 nitrogen and oxygen atoms in total. The van der Waals surface area contributed by atoms with Gasteiger partial charge in [0.1, 0.15) is 6.61 Å². The standard InChI is InChI=1S/C16H28N6O7/c17-14(27)10(6-13(25)26)5-11(23)7-22-15(28)9(4-12(24)8-29-20)2-1-3-21-16(18)19/h9-10H,1-8,20H2,(H2,17,27)(H,22,28)(H,25,26)(H4,18,19,21). The summed E-state index contributed by atoms with van der Waals surface area (Å²) in [4.78, 5) is 66.0. The molecular weight excluding hydrogens is 388 g/mol. The van der Waals surface area contributed by atoms with Crippen LogP contribution < -0.4 is 28.4 Å². The maximum atomic E-state index is 12.4. The molecule has 0 aromatic rings. The lowest BCUT2D eigenvalue weighted by Gasteiger charge is -2.16. The molecule has 0 aliphatic rings. The normalized spacial score (nSPS) is 12.4. The van der Waals surface area contributed by atoms with Crippen LogP contribution in [0.25, 0.3) is 0 Å². The second kappa shape index (κ2) is 14.0. The number of aliphatic carboxylic acids is 1. The number of aliphatic imine (C=N–C) groups is 1. The van der Waals surface area contributed by atoms with Crippen LogP contribution in [-0.4, -0.2) is 60.1 Å². The number of carbonyl (C=O) groups is 5. The highest BCUT2D eigenvalue weighted by atomic mass is 16.6. The van der Waals surface area contributed by atoms with E-state index < -0.39 is 60.6 Å². The Morgan fingerprint density at radius 1 is 0.966 bits per heavy atom. The van der Waals surface area contributed by atoms with Gasteiger partial charge in [-0.1, -0.05) is 0 Å². The summed E-state index contributed by atoms with van der Waals surface area (Å²) in [6.07, 6.45) is -0.506. The molecule has 0 rings (SSSR count). The third-order valence-electron chi connectivity index (χ3n) is 3.85. The Kier molecular flexibility index (Phi) is 12.5. The van der Waals surface area contributed by atoms with Crippen LogP contribution in [0, 0.1) is 11.8 Å². The van der Waals surface area contributed by atoms with Gasteiger partial charge < -0.3 is 27.6 Å². The molecule has 2 atom stereocenters. The van der Waals surface area contributed by atoms with Crippen LogP contribution in [0.2, 0.25) is 0 Å². The van der Waals surface area contributed by atoms with Gasteiger partial charge in [0.05, 0.1) is 18.9 Å². The van der Waals surface area contributed by atoms with Crippen molar-refractivity contribution in [3.05, 3.63) is 0 Å². The monoisotopic (exact) mass is 416 g/mol. The van der Waals surface area contributed by atoms with Gasteiger partial charge in [0.15, 0.2) is 17.5 Å². The Morgan fingerprint density at radius 2 is 1.59 bits per heavy atom. The number of amides is 2. The van der Waals surface area contributed by atoms with Crippen LogP contribution in [0.15, 0.2) is 4.99 Å². The Labute approximate surface area is 167 Å². The summed E-state index contributed by atoms with van der Waals surface area (Å²) in [6.45, 7) is -0.553.